The maximum atomic E-state index is 12.0. The topological polar surface area (TPSA) is 55.1 Å². The molecule has 0 aromatic rings. The molecule has 0 fully saturated rings. The highest BCUT2D eigenvalue weighted by Gasteiger charge is 2.42. The van der Waals surface area contributed by atoms with Crippen LogP contribution in [0.1, 0.15) is 27.2 Å². The molecular formula is C9H17F3N2O. The van der Waals surface area contributed by atoms with E-state index in [-0.39, 0.29) is 12.5 Å². The van der Waals surface area contributed by atoms with Crippen molar-refractivity contribution in [3.63, 3.8) is 0 Å². The molecule has 1 amide bonds. The summed E-state index contributed by atoms with van der Waals surface area (Å²) < 4.78 is 36.0. The van der Waals surface area contributed by atoms with Crippen LogP contribution in [0.15, 0.2) is 0 Å². The van der Waals surface area contributed by atoms with Crippen LogP contribution in [0.4, 0.5) is 13.2 Å². The predicted octanol–water partition coefficient (Wildman–Crippen LogP) is 1.43. The molecule has 0 aliphatic heterocycles. The fourth-order valence-corrected chi connectivity index (χ4v) is 1.43. The molecule has 3 nitrogen and oxygen atoms in total. The quantitative estimate of drug-likeness (QED) is 0.761. The van der Waals surface area contributed by atoms with E-state index in [4.69, 9.17) is 5.73 Å². The summed E-state index contributed by atoms with van der Waals surface area (Å²) in [5.41, 5.74) is 4.37. The van der Waals surface area contributed by atoms with Gasteiger partial charge in [-0.3, -0.25) is 4.79 Å². The third kappa shape index (κ3) is 5.01. The number of hydrogen-bond acceptors (Lipinski definition) is 2. The van der Waals surface area contributed by atoms with Gasteiger partial charge in [0, 0.05) is 12.1 Å². The van der Waals surface area contributed by atoms with Gasteiger partial charge in [-0.2, -0.15) is 13.2 Å². The van der Waals surface area contributed by atoms with Crippen molar-refractivity contribution < 1.29 is 18.0 Å². The van der Waals surface area contributed by atoms with Crippen molar-refractivity contribution in [3.05, 3.63) is 0 Å². The number of carbonyl (C=O) groups is 1. The molecule has 0 aliphatic carbocycles. The highest BCUT2D eigenvalue weighted by atomic mass is 19.4. The van der Waals surface area contributed by atoms with Crippen molar-refractivity contribution in [1.29, 1.82) is 0 Å². The van der Waals surface area contributed by atoms with E-state index in [9.17, 15) is 18.0 Å². The molecule has 15 heavy (non-hydrogen) atoms. The lowest BCUT2D eigenvalue weighted by Gasteiger charge is -2.31. The second-order valence-electron chi connectivity index (χ2n) is 4.31. The minimum Gasteiger partial charge on any atom is -0.342 e. The molecule has 0 aromatic carbocycles. The third-order valence-electron chi connectivity index (χ3n) is 1.98. The van der Waals surface area contributed by atoms with Crippen LogP contribution >= 0.6 is 0 Å². The van der Waals surface area contributed by atoms with Crippen molar-refractivity contribution in [2.75, 3.05) is 6.54 Å². The van der Waals surface area contributed by atoms with Crippen LogP contribution in [0.2, 0.25) is 0 Å². The SMILES string of the molecule is CC(C)CC(C)(CN)NC(=O)C(F)(F)F. The van der Waals surface area contributed by atoms with Crippen LogP contribution in [-0.2, 0) is 4.79 Å². The van der Waals surface area contributed by atoms with Gasteiger partial charge < -0.3 is 11.1 Å². The lowest BCUT2D eigenvalue weighted by Crippen LogP contribution is -2.55. The average Bonchev–Trinajstić information content (AvgIpc) is 2.00. The Morgan fingerprint density at radius 1 is 1.40 bits per heavy atom. The zero-order valence-electron chi connectivity index (χ0n) is 9.11. The van der Waals surface area contributed by atoms with Gasteiger partial charge in [-0.25, -0.2) is 0 Å². The van der Waals surface area contributed by atoms with Gasteiger partial charge in [0.05, 0.1) is 0 Å². The van der Waals surface area contributed by atoms with E-state index in [1.54, 1.807) is 0 Å². The molecular weight excluding hydrogens is 209 g/mol. The number of nitrogens with one attached hydrogen (secondary N) is 1. The van der Waals surface area contributed by atoms with E-state index < -0.39 is 17.6 Å². The highest BCUT2D eigenvalue weighted by molar-refractivity contribution is 5.82. The van der Waals surface area contributed by atoms with E-state index in [0.717, 1.165) is 0 Å². The van der Waals surface area contributed by atoms with Crippen molar-refractivity contribution >= 4 is 5.91 Å². The Labute approximate surface area is 87.2 Å². The normalized spacial score (nSPS) is 16.3. The molecule has 1 unspecified atom stereocenters. The lowest BCUT2D eigenvalue weighted by molar-refractivity contribution is -0.175. The van der Waals surface area contributed by atoms with Crippen LogP contribution in [0, 0.1) is 5.92 Å². The fourth-order valence-electron chi connectivity index (χ4n) is 1.43. The fraction of sp³-hybridized carbons (Fsp3) is 0.889. The van der Waals surface area contributed by atoms with Gasteiger partial charge in [0.25, 0.3) is 0 Å². The van der Waals surface area contributed by atoms with Crippen LogP contribution in [0.25, 0.3) is 0 Å². The summed E-state index contributed by atoms with van der Waals surface area (Å²) in [6.45, 7) is 5.20. The average molecular weight is 226 g/mol. The van der Waals surface area contributed by atoms with E-state index >= 15 is 0 Å². The minimum atomic E-state index is -4.85. The standard InChI is InChI=1S/C9H17F3N2O/c1-6(2)4-8(3,5-13)14-7(15)9(10,11)12/h6H,4-5,13H2,1-3H3,(H,14,15). The molecule has 0 bridgehead atoms. The molecule has 6 heteroatoms. The summed E-state index contributed by atoms with van der Waals surface area (Å²) in [7, 11) is 0. The Bertz CT molecular complexity index is 228. The van der Waals surface area contributed by atoms with Gasteiger partial charge in [-0.15, -0.1) is 0 Å². The first-order valence-corrected chi connectivity index (χ1v) is 4.70. The summed E-state index contributed by atoms with van der Waals surface area (Å²) in [4.78, 5) is 10.7. The molecule has 0 aromatic heterocycles. The molecule has 0 heterocycles. The Hall–Kier alpha value is -0.780. The molecule has 90 valence electrons. The number of halogens is 3. The van der Waals surface area contributed by atoms with E-state index in [1.165, 1.54) is 6.92 Å². The zero-order valence-corrected chi connectivity index (χ0v) is 9.11. The molecule has 3 N–H and O–H groups in total. The Kier molecular flexibility index (Phi) is 4.58. The van der Waals surface area contributed by atoms with Crippen LogP contribution in [0.3, 0.4) is 0 Å². The molecule has 1 atom stereocenters. The van der Waals surface area contributed by atoms with Crippen molar-refractivity contribution in [2.24, 2.45) is 11.7 Å². The molecule has 0 rings (SSSR count). The molecule has 0 spiro atoms. The smallest absolute Gasteiger partial charge is 0.342 e. The van der Waals surface area contributed by atoms with E-state index in [1.807, 2.05) is 19.2 Å². The predicted molar refractivity (Wildman–Crippen MR) is 51.1 cm³/mol. The highest BCUT2D eigenvalue weighted by Crippen LogP contribution is 2.20. The zero-order chi connectivity index (χ0) is 12.3. The third-order valence-corrected chi connectivity index (χ3v) is 1.98. The largest absolute Gasteiger partial charge is 0.471 e. The number of carbonyl (C=O) groups excluding carboxylic acids is 1. The van der Waals surface area contributed by atoms with Gasteiger partial charge in [0.2, 0.25) is 0 Å². The summed E-state index contributed by atoms with van der Waals surface area (Å²) >= 11 is 0. The lowest BCUT2D eigenvalue weighted by atomic mass is 9.91. The van der Waals surface area contributed by atoms with E-state index in [0.29, 0.717) is 6.42 Å². The number of amides is 1. The van der Waals surface area contributed by atoms with Crippen molar-refractivity contribution in [1.82, 2.24) is 5.32 Å². The Morgan fingerprint density at radius 3 is 2.13 bits per heavy atom. The van der Waals surface area contributed by atoms with Gasteiger partial charge in [-0.05, 0) is 19.3 Å². The first-order chi connectivity index (χ1) is 6.60. The number of nitrogens with two attached hydrogens (primary N) is 1. The molecule has 0 saturated carbocycles. The van der Waals surface area contributed by atoms with E-state index in [2.05, 4.69) is 0 Å². The summed E-state index contributed by atoms with van der Waals surface area (Å²) in [5.74, 6) is -1.77. The first-order valence-electron chi connectivity index (χ1n) is 4.70. The van der Waals surface area contributed by atoms with Gasteiger partial charge >= 0.3 is 12.1 Å². The Morgan fingerprint density at radius 2 is 1.87 bits per heavy atom. The van der Waals surface area contributed by atoms with Gasteiger partial charge in [-0.1, -0.05) is 13.8 Å². The minimum absolute atomic E-state index is 0.0208. The first kappa shape index (κ1) is 14.2. The number of rotatable bonds is 4. The molecule has 0 aliphatic rings. The van der Waals surface area contributed by atoms with Crippen LogP contribution in [-0.4, -0.2) is 24.2 Å². The van der Waals surface area contributed by atoms with Crippen molar-refractivity contribution in [3.8, 4) is 0 Å². The van der Waals surface area contributed by atoms with Gasteiger partial charge in [0.15, 0.2) is 0 Å². The summed E-state index contributed by atoms with van der Waals surface area (Å²) in [5, 5.41) is 1.93. The maximum absolute atomic E-state index is 12.0. The second-order valence-corrected chi connectivity index (χ2v) is 4.31. The monoisotopic (exact) mass is 226 g/mol. The summed E-state index contributed by atoms with van der Waals surface area (Å²) in [6.07, 6.45) is -4.45. The van der Waals surface area contributed by atoms with Gasteiger partial charge in [0.1, 0.15) is 0 Å². The second kappa shape index (κ2) is 4.83. The number of alkyl halides is 3. The maximum Gasteiger partial charge on any atom is 0.471 e. The van der Waals surface area contributed by atoms with Crippen LogP contribution < -0.4 is 11.1 Å². The Balaban J connectivity index is 4.51. The summed E-state index contributed by atoms with van der Waals surface area (Å²) in [6, 6.07) is 0. The van der Waals surface area contributed by atoms with Crippen molar-refractivity contribution in [2.45, 2.75) is 38.9 Å². The molecule has 0 radical (unpaired) electrons. The van der Waals surface area contributed by atoms with Crippen LogP contribution in [0.5, 0.6) is 0 Å². The number of hydrogen-bond donors (Lipinski definition) is 2. The molecule has 0 saturated heterocycles.